The topological polar surface area (TPSA) is 82.7 Å². The van der Waals surface area contributed by atoms with Gasteiger partial charge in [0.2, 0.25) is 0 Å². The van der Waals surface area contributed by atoms with E-state index >= 15 is 0 Å². The van der Waals surface area contributed by atoms with Gasteiger partial charge in [-0.15, -0.1) is 11.3 Å². The molecule has 7 nitrogen and oxygen atoms in total. The third kappa shape index (κ3) is 6.50. The molecular weight excluding hydrogens is 444 g/mol. The molecule has 2 rings (SSSR count). The van der Waals surface area contributed by atoms with Crippen molar-refractivity contribution < 1.29 is 14.3 Å². The van der Waals surface area contributed by atoms with Crippen molar-refractivity contribution in [3.8, 4) is 5.75 Å². The fourth-order valence-corrected chi connectivity index (χ4v) is 3.68. The van der Waals surface area contributed by atoms with Crippen molar-refractivity contribution in [3.05, 3.63) is 39.0 Å². The summed E-state index contributed by atoms with van der Waals surface area (Å²) < 4.78 is 6.26. The average Bonchev–Trinajstić information content (AvgIpc) is 3.09. The van der Waals surface area contributed by atoms with Gasteiger partial charge in [-0.2, -0.15) is 0 Å². The lowest BCUT2D eigenvalue weighted by molar-refractivity contribution is 0.0946. The summed E-state index contributed by atoms with van der Waals surface area (Å²) in [5.41, 5.74) is 1.66. The molecule has 9 heteroatoms. The number of carbonyl (C=O) groups is 2. The van der Waals surface area contributed by atoms with E-state index in [4.69, 9.17) is 4.74 Å². The molecule has 3 amide bonds. The van der Waals surface area contributed by atoms with E-state index in [0.29, 0.717) is 29.2 Å². The van der Waals surface area contributed by atoms with Gasteiger partial charge in [0.25, 0.3) is 5.91 Å². The molecular formula is C19H25BrN4O3S. The fourth-order valence-electron chi connectivity index (χ4n) is 2.59. The zero-order valence-electron chi connectivity index (χ0n) is 16.2. The van der Waals surface area contributed by atoms with E-state index in [2.05, 4.69) is 50.6 Å². The Labute approximate surface area is 177 Å². The predicted molar refractivity (Wildman–Crippen MR) is 118 cm³/mol. The van der Waals surface area contributed by atoms with Crippen LogP contribution in [-0.2, 0) is 0 Å². The lowest BCUT2D eigenvalue weighted by atomic mass is 10.1. The van der Waals surface area contributed by atoms with Crippen LogP contribution in [0, 0.1) is 0 Å². The van der Waals surface area contributed by atoms with Crippen molar-refractivity contribution in [2.24, 2.45) is 0 Å². The minimum Gasteiger partial charge on any atom is -0.496 e. The Morgan fingerprint density at radius 3 is 2.46 bits per heavy atom. The normalized spacial score (nSPS) is 10.6. The first kappa shape index (κ1) is 22.2. The van der Waals surface area contributed by atoms with Crippen LogP contribution in [0.4, 0.5) is 16.2 Å². The smallest absolute Gasteiger partial charge is 0.323 e. The van der Waals surface area contributed by atoms with Gasteiger partial charge < -0.3 is 25.6 Å². The van der Waals surface area contributed by atoms with Crippen molar-refractivity contribution in [1.29, 1.82) is 0 Å². The maximum Gasteiger partial charge on any atom is 0.323 e. The Morgan fingerprint density at radius 1 is 1.14 bits per heavy atom. The van der Waals surface area contributed by atoms with Crippen LogP contribution in [0.2, 0.25) is 0 Å². The van der Waals surface area contributed by atoms with Crippen LogP contribution in [0.25, 0.3) is 0 Å². The van der Waals surface area contributed by atoms with Crippen LogP contribution in [-0.4, -0.2) is 50.1 Å². The van der Waals surface area contributed by atoms with Crippen molar-refractivity contribution in [2.75, 3.05) is 43.9 Å². The number of hydrogen-bond donors (Lipinski definition) is 3. The van der Waals surface area contributed by atoms with Crippen molar-refractivity contribution in [3.63, 3.8) is 0 Å². The molecule has 3 N–H and O–H groups in total. The minimum absolute atomic E-state index is 0.205. The van der Waals surface area contributed by atoms with Gasteiger partial charge in [-0.1, -0.05) is 13.8 Å². The molecule has 0 aliphatic rings. The number of methoxy groups -OCH3 is 1. The molecule has 0 fully saturated rings. The number of hydrogen-bond acceptors (Lipinski definition) is 5. The second-order valence-electron chi connectivity index (χ2n) is 5.92. The highest BCUT2D eigenvalue weighted by atomic mass is 79.9. The van der Waals surface area contributed by atoms with Crippen molar-refractivity contribution in [2.45, 2.75) is 13.8 Å². The third-order valence-electron chi connectivity index (χ3n) is 4.14. The SMILES string of the molecule is CCN(CC)CCNC(=O)c1ccc(NC(=O)Nc2csc(Br)c2)cc1OC. The van der Waals surface area contributed by atoms with E-state index in [-0.39, 0.29) is 11.9 Å². The maximum absolute atomic E-state index is 12.4. The minimum atomic E-state index is -0.372. The van der Waals surface area contributed by atoms with E-state index < -0.39 is 0 Å². The Balaban J connectivity index is 1.96. The number of rotatable bonds is 9. The van der Waals surface area contributed by atoms with Crippen LogP contribution >= 0.6 is 27.3 Å². The number of urea groups is 1. The first-order valence-electron chi connectivity index (χ1n) is 8.97. The Morgan fingerprint density at radius 2 is 1.86 bits per heavy atom. The standard InChI is InChI=1S/C19H25BrN4O3S/c1-4-24(5-2)9-8-21-18(25)15-7-6-13(10-16(15)27-3)22-19(26)23-14-11-17(20)28-12-14/h6-7,10-12H,4-5,8-9H2,1-3H3,(H,21,25)(H2,22,23,26). The van der Waals surface area contributed by atoms with Crippen LogP contribution in [0.15, 0.2) is 33.4 Å². The van der Waals surface area contributed by atoms with Gasteiger partial charge in [-0.3, -0.25) is 4.79 Å². The first-order valence-corrected chi connectivity index (χ1v) is 10.6. The molecule has 1 aromatic carbocycles. The van der Waals surface area contributed by atoms with Crippen LogP contribution in [0.3, 0.4) is 0 Å². The quantitative estimate of drug-likeness (QED) is 0.513. The zero-order valence-corrected chi connectivity index (χ0v) is 18.6. The Bertz CT molecular complexity index is 808. The summed E-state index contributed by atoms with van der Waals surface area (Å²) in [4.78, 5) is 26.8. The summed E-state index contributed by atoms with van der Waals surface area (Å²) in [5.74, 6) is 0.194. The predicted octanol–water partition coefficient (Wildman–Crippen LogP) is 4.23. The number of ether oxygens (including phenoxy) is 1. The number of halogens is 1. The van der Waals surface area contributed by atoms with Crippen LogP contribution in [0.5, 0.6) is 5.75 Å². The van der Waals surface area contributed by atoms with Crippen molar-refractivity contribution in [1.82, 2.24) is 10.2 Å². The summed E-state index contributed by atoms with van der Waals surface area (Å²) in [6.45, 7) is 7.42. The molecule has 0 spiro atoms. The molecule has 152 valence electrons. The molecule has 28 heavy (non-hydrogen) atoms. The second kappa shape index (κ2) is 11.0. The molecule has 0 saturated carbocycles. The molecule has 0 aliphatic heterocycles. The highest BCUT2D eigenvalue weighted by molar-refractivity contribution is 9.11. The molecule has 0 aliphatic carbocycles. The highest BCUT2D eigenvalue weighted by Gasteiger charge is 2.14. The lowest BCUT2D eigenvalue weighted by Gasteiger charge is -2.18. The Hall–Kier alpha value is -2.10. The van der Waals surface area contributed by atoms with Gasteiger partial charge in [0, 0.05) is 30.2 Å². The molecule has 0 radical (unpaired) electrons. The largest absolute Gasteiger partial charge is 0.496 e. The number of carbonyl (C=O) groups excluding carboxylic acids is 2. The molecule has 0 unspecified atom stereocenters. The van der Waals surface area contributed by atoms with Gasteiger partial charge in [-0.25, -0.2) is 4.79 Å². The average molecular weight is 469 g/mol. The van der Waals surface area contributed by atoms with E-state index in [0.717, 1.165) is 23.4 Å². The second-order valence-corrected chi connectivity index (χ2v) is 8.21. The van der Waals surface area contributed by atoms with E-state index in [1.54, 1.807) is 18.2 Å². The van der Waals surface area contributed by atoms with Crippen LogP contribution < -0.4 is 20.7 Å². The molecule has 0 bridgehead atoms. The van der Waals surface area contributed by atoms with Crippen LogP contribution in [0.1, 0.15) is 24.2 Å². The van der Waals surface area contributed by atoms with E-state index in [9.17, 15) is 9.59 Å². The fraction of sp³-hybridized carbons (Fsp3) is 0.368. The van der Waals surface area contributed by atoms with Gasteiger partial charge >= 0.3 is 6.03 Å². The molecule has 2 aromatic rings. The highest BCUT2D eigenvalue weighted by Crippen LogP contribution is 2.25. The van der Waals surface area contributed by atoms with E-state index in [1.165, 1.54) is 18.4 Å². The number of benzene rings is 1. The number of thiophene rings is 1. The molecule has 1 aromatic heterocycles. The van der Waals surface area contributed by atoms with Gasteiger partial charge in [0.1, 0.15) is 5.75 Å². The van der Waals surface area contributed by atoms with Gasteiger partial charge in [-0.05, 0) is 47.2 Å². The Kier molecular flexibility index (Phi) is 8.75. The summed E-state index contributed by atoms with van der Waals surface area (Å²) in [5, 5.41) is 10.2. The monoisotopic (exact) mass is 468 g/mol. The molecule has 0 saturated heterocycles. The summed E-state index contributed by atoms with van der Waals surface area (Å²) >= 11 is 4.83. The first-order chi connectivity index (χ1) is 13.5. The summed E-state index contributed by atoms with van der Waals surface area (Å²) in [7, 11) is 1.49. The molecule has 1 heterocycles. The number of anilines is 2. The summed E-state index contributed by atoms with van der Waals surface area (Å²) in [6.07, 6.45) is 0. The number of likely N-dealkylation sites (N-methyl/N-ethyl adjacent to an activating group) is 1. The number of amides is 3. The zero-order chi connectivity index (χ0) is 20.5. The third-order valence-corrected chi connectivity index (χ3v) is 5.64. The lowest BCUT2D eigenvalue weighted by Crippen LogP contribution is -2.34. The number of nitrogens with one attached hydrogen (secondary N) is 3. The number of nitrogens with zero attached hydrogens (tertiary/aromatic N) is 1. The maximum atomic E-state index is 12.4. The molecule has 0 atom stereocenters. The van der Waals surface area contributed by atoms with E-state index in [1.807, 2.05) is 11.4 Å². The summed E-state index contributed by atoms with van der Waals surface area (Å²) in [6, 6.07) is 6.38. The van der Waals surface area contributed by atoms with Gasteiger partial charge in [0.15, 0.2) is 0 Å². The van der Waals surface area contributed by atoms with Gasteiger partial charge in [0.05, 0.1) is 22.1 Å². The van der Waals surface area contributed by atoms with Crippen molar-refractivity contribution >= 4 is 50.6 Å².